The Labute approximate surface area is 110 Å². The molecule has 1 atom stereocenters. The van der Waals surface area contributed by atoms with Gasteiger partial charge in [-0.1, -0.05) is 6.92 Å². The standard InChI is InChI=1S/C12H13N3S2/c1-2-16-10-5-9(6-15-7-10)12(8-13)3-4-17-11(12)14/h5-7,14H,2-4H2,1H3. The van der Waals surface area contributed by atoms with Gasteiger partial charge < -0.3 is 0 Å². The molecule has 0 aromatic carbocycles. The van der Waals surface area contributed by atoms with Crippen LogP contribution in [0, 0.1) is 16.7 Å². The van der Waals surface area contributed by atoms with Crippen LogP contribution in [0.5, 0.6) is 0 Å². The lowest BCUT2D eigenvalue weighted by Crippen LogP contribution is -2.27. The Morgan fingerprint density at radius 3 is 3.06 bits per heavy atom. The van der Waals surface area contributed by atoms with Crippen LogP contribution in [0.15, 0.2) is 23.4 Å². The molecule has 0 spiro atoms. The van der Waals surface area contributed by atoms with Gasteiger partial charge in [-0.05, 0) is 23.8 Å². The average molecular weight is 263 g/mol. The molecule has 1 N–H and O–H groups in total. The summed E-state index contributed by atoms with van der Waals surface area (Å²) in [6.45, 7) is 2.09. The molecule has 1 fully saturated rings. The van der Waals surface area contributed by atoms with Crippen molar-refractivity contribution in [1.29, 1.82) is 10.7 Å². The molecule has 1 aromatic heterocycles. The van der Waals surface area contributed by atoms with Crippen molar-refractivity contribution in [3.63, 3.8) is 0 Å². The third kappa shape index (κ3) is 2.20. The van der Waals surface area contributed by atoms with E-state index in [4.69, 9.17) is 5.41 Å². The molecule has 1 aromatic rings. The molecule has 88 valence electrons. The summed E-state index contributed by atoms with van der Waals surface area (Å²) in [5, 5.41) is 17.9. The second kappa shape index (κ2) is 5.11. The Morgan fingerprint density at radius 2 is 2.47 bits per heavy atom. The minimum absolute atomic E-state index is 0.459. The fourth-order valence-corrected chi connectivity index (χ4v) is 3.69. The van der Waals surface area contributed by atoms with Crippen molar-refractivity contribution in [2.75, 3.05) is 11.5 Å². The molecule has 1 saturated heterocycles. The predicted octanol–water partition coefficient (Wildman–Crippen LogP) is 3.07. The van der Waals surface area contributed by atoms with Crippen LogP contribution in [-0.4, -0.2) is 21.5 Å². The molecule has 0 amide bonds. The summed E-state index contributed by atoms with van der Waals surface area (Å²) >= 11 is 3.18. The molecule has 0 aliphatic carbocycles. The Hall–Kier alpha value is -0.990. The maximum absolute atomic E-state index is 9.42. The van der Waals surface area contributed by atoms with Crippen LogP contribution in [0.3, 0.4) is 0 Å². The molecule has 2 heterocycles. The highest BCUT2D eigenvalue weighted by molar-refractivity contribution is 8.14. The first-order chi connectivity index (χ1) is 8.23. The molecule has 17 heavy (non-hydrogen) atoms. The monoisotopic (exact) mass is 263 g/mol. The minimum Gasteiger partial charge on any atom is -0.296 e. The maximum Gasteiger partial charge on any atom is 0.132 e. The largest absolute Gasteiger partial charge is 0.296 e. The molecule has 1 unspecified atom stereocenters. The lowest BCUT2D eigenvalue weighted by Gasteiger charge is -2.20. The first-order valence-corrected chi connectivity index (χ1v) is 7.41. The van der Waals surface area contributed by atoms with Gasteiger partial charge in [0, 0.05) is 23.0 Å². The van der Waals surface area contributed by atoms with Crippen LogP contribution in [-0.2, 0) is 5.41 Å². The van der Waals surface area contributed by atoms with Gasteiger partial charge in [0.15, 0.2) is 0 Å². The van der Waals surface area contributed by atoms with Crippen LogP contribution in [0.1, 0.15) is 18.9 Å². The number of nitrogens with one attached hydrogen (secondary N) is 1. The molecule has 0 saturated carbocycles. The second-order valence-corrected chi connectivity index (χ2v) is 6.23. The number of hydrogen-bond acceptors (Lipinski definition) is 5. The number of hydrogen-bond donors (Lipinski definition) is 1. The van der Waals surface area contributed by atoms with Gasteiger partial charge in [-0.3, -0.25) is 10.4 Å². The number of pyridine rings is 1. The number of nitrogens with zero attached hydrogens (tertiary/aromatic N) is 2. The van der Waals surface area contributed by atoms with Crippen molar-refractivity contribution in [1.82, 2.24) is 4.98 Å². The number of thioether (sulfide) groups is 2. The van der Waals surface area contributed by atoms with E-state index in [-0.39, 0.29) is 0 Å². The van der Waals surface area contributed by atoms with Crippen LogP contribution in [0.25, 0.3) is 0 Å². The molecular weight excluding hydrogens is 250 g/mol. The van der Waals surface area contributed by atoms with Crippen LogP contribution < -0.4 is 0 Å². The SMILES string of the molecule is CCSc1cncc(C2(C#N)CCSC2=N)c1. The van der Waals surface area contributed by atoms with Crippen molar-refractivity contribution in [2.45, 2.75) is 23.7 Å². The van der Waals surface area contributed by atoms with E-state index in [9.17, 15) is 5.26 Å². The first kappa shape index (κ1) is 12.5. The summed E-state index contributed by atoms with van der Waals surface area (Å²) in [6.07, 6.45) is 4.26. The summed E-state index contributed by atoms with van der Waals surface area (Å²) in [5.74, 6) is 1.83. The summed E-state index contributed by atoms with van der Waals surface area (Å²) in [5.41, 5.74) is 0.121. The summed E-state index contributed by atoms with van der Waals surface area (Å²) in [7, 11) is 0. The topological polar surface area (TPSA) is 60.5 Å². The summed E-state index contributed by atoms with van der Waals surface area (Å²) in [6, 6.07) is 4.32. The highest BCUT2D eigenvalue weighted by atomic mass is 32.2. The summed E-state index contributed by atoms with van der Waals surface area (Å²) in [4.78, 5) is 5.27. The first-order valence-electron chi connectivity index (χ1n) is 5.44. The van der Waals surface area contributed by atoms with E-state index >= 15 is 0 Å². The van der Waals surface area contributed by atoms with Gasteiger partial charge in [-0.15, -0.1) is 23.5 Å². The number of nitriles is 1. The Balaban J connectivity index is 2.41. The molecule has 2 rings (SSSR count). The molecule has 0 bridgehead atoms. The van der Waals surface area contributed by atoms with Crippen molar-refractivity contribution < 1.29 is 0 Å². The van der Waals surface area contributed by atoms with Gasteiger partial charge in [0.2, 0.25) is 0 Å². The van der Waals surface area contributed by atoms with Crippen molar-refractivity contribution in [3.05, 3.63) is 24.0 Å². The third-order valence-electron chi connectivity index (χ3n) is 2.82. The van der Waals surface area contributed by atoms with Gasteiger partial charge in [0.25, 0.3) is 0 Å². The smallest absolute Gasteiger partial charge is 0.132 e. The van der Waals surface area contributed by atoms with E-state index < -0.39 is 5.41 Å². The van der Waals surface area contributed by atoms with Crippen molar-refractivity contribution in [2.24, 2.45) is 0 Å². The van der Waals surface area contributed by atoms with E-state index in [1.807, 2.05) is 12.3 Å². The van der Waals surface area contributed by atoms with E-state index in [2.05, 4.69) is 18.0 Å². The molecule has 0 radical (unpaired) electrons. The minimum atomic E-state index is -0.748. The van der Waals surface area contributed by atoms with Gasteiger partial charge >= 0.3 is 0 Å². The van der Waals surface area contributed by atoms with Crippen LogP contribution >= 0.6 is 23.5 Å². The second-order valence-electron chi connectivity index (χ2n) is 3.79. The highest BCUT2D eigenvalue weighted by Gasteiger charge is 2.42. The molecule has 1 aliphatic heterocycles. The highest BCUT2D eigenvalue weighted by Crippen LogP contribution is 2.40. The zero-order valence-electron chi connectivity index (χ0n) is 9.56. The zero-order chi connectivity index (χ0) is 12.3. The predicted molar refractivity (Wildman–Crippen MR) is 72.7 cm³/mol. The molecule has 3 nitrogen and oxygen atoms in total. The Bertz CT molecular complexity index is 481. The Morgan fingerprint density at radius 1 is 1.65 bits per heavy atom. The quantitative estimate of drug-likeness (QED) is 0.851. The van der Waals surface area contributed by atoms with Gasteiger partial charge in [-0.2, -0.15) is 5.26 Å². The van der Waals surface area contributed by atoms with Gasteiger partial charge in [0.05, 0.1) is 11.1 Å². The maximum atomic E-state index is 9.42. The lowest BCUT2D eigenvalue weighted by molar-refractivity contribution is 0.719. The van der Waals surface area contributed by atoms with Crippen molar-refractivity contribution in [3.8, 4) is 6.07 Å². The van der Waals surface area contributed by atoms with Crippen LogP contribution in [0.4, 0.5) is 0 Å². The fourth-order valence-electron chi connectivity index (χ4n) is 1.89. The Kier molecular flexibility index (Phi) is 3.75. The van der Waals surface area contributed by atoms with Crippen molar-refractivity contribution >= 4 is 28.6 Å². The zero-order valence-corrected chi connectivity index (χ0v) is 11.2. The van der Waals surface area contributed by atoms with Gasteiger partial charge in [0.1, 0.15) is 5.41 Å². The fraction of sp³-hybridized carbons (Fsp3) is 0.417. The molecule has 1 aliphatic rings. The number of aromatic nitrogens is 1. The number of rotatable bonds is 3. The van der Waals surface area contributed by atoms with Crippen LogP contribution in [0.2, 0.25) is 0 Å². The van der Waals surface area contributed by atoms with E-state index in [0.717, 1.165) is 28.4 Å². The van der Waals surface area contributed by atoms with Gasteiger partial charge in [-0.25, -0.2) is 0 Å². The van der Waals surface area contributed by atoms with E-state index in [1.165, 1.54) is 11.8 Å². The summed E-state index contributed by atoms with van der Waals surface area (Å²) < 4.78 is 0. The third-order valence-corrected chi connectivity index (χ3v) is 4.71. The normalized spacial score (nSPS) is 23.6. The average Bonchev–Trinajstić information content (AvgIpc) is 2.72. The molecular formula is C12H13N3S2. The molecule has 5 heteroatoms. The van der Waals surface area contributed by atoms with E-state index in [0.29, 0.717) is 5.04 Å². The van der Waals surface area contributed by atoms with E-state index in [1.54, 1.807) is 18.0 Å². The lowest BCUT2D eigenvalue weighted by atomic mass is 9.81.